The van der Waals surface area contributed by atoms with Gasteiger partial charge in [-0.2, -0.15) is 0 Å². The van der Waals surface area contributed by atoms with Crippen LogP contribution < -0.4 is 5.32 Å². The van der Waals surface area contributed by atoms with Gasteiger partial charge in [-0.25, -0.2) is 4.39 Å². The highest BCUT2D eigenvalue weighted by Gasteiger charge is 2.17. The molecular weight excluding hydrogens is 201 g/mol. The third-order valence-corrected chi connectivity index (χ3v) is 1.87. The molecule has 5 heteroatoms. The van der Waals surface area contributed by atoms with Gasteiger partial charge in [0.05, 0.1) is 6.61 Å². The third kappa shape index (κ3) is 2.66. The Bertz CT molecular complexity index is 347. The zero-order valence-corrected chi connectivity index (χ0v) is 8.20. The Hall–Kier alpha value is -1.62. The van der Waals surface area contributed by atoms with Crippen LogP contribution in [0.25, 0.3) is 0 Å². The molecule has 1 atom stereocenters. The van der Waals surface area contributed by atoms with Gasteiger partial charge in [0.2, 0.25) is 0 Å². The number of rotatable bonds is 3. The van der Waals surface area contributed by atoms with Crippen molar-refractivity contribution in [1.82, 2.24) is 5.32 Å². The zero-order valence-electron chi connectivity index (χ0n) is 8.20. The summed E-state index contributed by atoms with van der Waals surface area (Å²) < 4.78 is 13.2. The predicted molar refractivity (Wildman–Crippen MR) is 52.1 cm³/mol. The molecule has 4 nitrogen and oxygen atoms in total. The number of carbonyl (C=O) groups excluding carboxylic acids is 1. The van der Waals surface area contributed by atoms with Crippen molar-refractivity contribution in [3.05, 3.63) is 29.6 Å². The lowest BCUT2D eigenvalue weighted by Crippen LogP contribution is -2.35. The number of benzene rings is 1. The van der Waals surface area contributed by atoms with E-state index in [9.17, 15) is 14.3 Å². The molecule has 0 spiro atoms. The fraction of sp³-hybridized carbons (Fsp3) is 0.300. The molecule has 0 saturated carbocycles. The number of phenols is 1. The first-order chi connectivity index (χ1) is 7.06. The van der Waals surface area contributed by atoms with Crippen molar-refractivity contribution in [2.45, 2.75) is 13.0 Å². The van der Waals surface area contributed by atoms with Crippen LogP contribution in [0.1, 0.15) is 17.3 Å². The van der Waals surface area contributed by atoms with Crippen LogP contribution in [0.4, 0.5) is 4.39 Å². The highest BCUT2D eigenvalue weighted by atomic mass is 19.1. The topological polar surface area (TPSA) is 69.6 Å². The summed E-state index contributed by atoms with van der Waals surface area (Å²) in [7, 11) is 0. The maximum Gasteiger partial charge on any atom is 0.258 e. The smallest absolute Gasteiger partial charge is 0.258 e. The number of aliphatic hydroxyl groups is 1. The zero-order chi connectivity index (χ0) is 11.4. The summed E-state index contributed by atoms with van der Waals surface area (Å²) in [6.07, 6.45) is 0. The predicted octanol–water partition coefficient (Wildman–Crippen LogP) is 0.642. The average Bonchev–Trinajstić information content (AvgIpc) is 2.17. The van der Waals surface area contributed by atoms with Crippen molar-refractivity contribution in [2.75, 3.05) is 6.61 Å². The van der Waals surface area contributed by atoms with E-state index >= 15 is 0 Å². The quantitative estimate of drug-likeness (QED) is 0.690. The van der Waals surface area contributed by atoms with E-state index < -0.39 is 29.1 Å². The Labute approximate surface area is 86.4 Å². The normalized spacial score (nSPS) is 12.2. The Kier molecular flexibility index (Phi) is 3.62. The molecule has 0 aliphatic rings. The Morgan fingerprint density at radius 1 is 1.60 bits per heavy atom. The lowest BCUT2D eigenvalue weighted by molar-refractivity contribution is 0.0915. The van der Waals surface area contributed by atoms with Gasteiger partial charge in [0.25, 0.3) is 5.91 Å². The highest BCUT2D eigenvalue weighted by molar-refractivity contribution is 5.97. The highest BCUT2D eigenvalue weighted by Crippen LogP contribution is 2.19. The Morgan fingerprint density at radius 3 is 2.80 bits per heavy atom. The maximum atomic E-state index is 13.2. The van der Waals surface area contributed by atoms with E-state index in [2.05, 4.69) is 5.32 Å². The largest absolute Gasteiger partial charge is 0.507 e. The molecule has 1 aromatic carbocycles. The molecule has 1 amide bonds. The number of halogens is 1. The lowest BCUT2D eigenvalue weighted by Gasteiger charge is -2.11. The van der Waals surface area contributed by atoms with Crippen molar-refractivity contribution in [2.24, 2.45) is 0 Å². The standard InChI is InChI=1S/C10H12FNO3/c1-6(5-13)12-10(15)9-7(11)3-2-4-8(9)14/h2-4,6,13-14H,5H2,1H3,(H,12,15)/t6-/m1/s1. The SMILES string of the molecule is C[C@H](CO)NC(=O)c1c(O)cccc1F. The Balaban J connectivity index is 2.91. The Morgan fingerprint density at radius 2 is 2.27 bits per heavy atom. The van der Waals surface area contributed by atoms with Crippen molar-refractivity contribution in [3.63, 3.8) is 0 Å². The molecule has 0 aliphatic carbocycles. The summed E-state index contributed by atoms with van der Waals surface area (Å²) in [5.41, 5.74) is -0.405. The minimum atomic E-state index is -0.794. The second kappa shape index (κ2) is 4.75. The van der Waals surface area contributed by atoms with Gasteiger partial charge in [-0.15, -0.1) is 0 Å². The van der Waals surface area contributed by atoms with Crippen molar-refractivity contribution in [1.29, 1.82) is 0 Å². The van der Waals surface area contributed by atoms with Gasteiger partial charge in [-0.3, -0.25) is 4.79 Å². The van der Waals surface area contributed by atoms with E-state index in [1.807, 2.05) is 0 Å². The van der Waals surface area contributed by atoms with Crippen molar-refractivity contribution >= 4 is 5.91 Å². The van der Waals surface area contributed by atoms with E-state index in [1.54, 1.807) is 6.92 Å². The van der Waals surface area contributed by atoms with Gasteiger partial charge >= 0.3 is 0 Å². The van der Waals surface area contributed by atoms with Gasteiger partial charge in [0.15, 0.2) is 0 Å². The minimum Gasteiger partial charge on any atom is -0.507 e. The molecule has 0 heterocycles. The molecule has 0 unspecified atom stereocenters. The number of aliphatic hydroxyl groups excluding tert-OH is 1. The fourth-order valence-corrected chi connectivity index (χ4v) is 1.08. The molecule has 3 N–H and O–H groups in total. The van der Waals surface area contributed by atoms with E-state index in [-0.39, 0.29) is 6.61 Å². The van der Waals surface area contributed by atoms with E-state index in [0.29, 0.717) is 0 Å². The van der Waals surface area contributed by atoms with Crippen LogP contribution in [-0.4, -0.2) is 28.8 Å². The van der Waals surface area contributed by atoms with E-state index in [4.69, 9.17) is 5.11 Å². The molecule has 82 valence electrons. The van der Waals surface area contributed by atoms with Crippen LogP contribution in [0, 0.1) is 5.82 Å². The first-order valence-corrected chi connectivity index (χ1v) is 4.45. The van der Waals surface area contributed by atoms with Crippen molar-refractivity contribution < 1.29 is 19.4 Å². The second-order valence-corrected chi connectivity index (χ2v) is 3.19. The fourth-order valence-electron chi connectivity index (χ4n) is 1.08. The third-order valence-electron chi connectivity index (χ3n) is 1.87. The van der Waals surface area contributed by atoms with Crippen LogP contribution in [0.2, 0.25) is 0 Å². The molecule has 1 aromatic rings. The van der Waals surface area contributed by atoms with Crippen LogP contribution in [-0.2, 0) is 0 Å². The number of phenolic OH excluding ortho intramolecular Hbond substituents is 1. The van der Waals surface area contributed by atoms with Gasteiger partial charge < -0.3 is 15.5 Å². The molecule has 15 heavy (non-hydrogen) atoms. The summed E-state index contributed by atoms with van der Waals surface area (Å²) in [6, 6.07) is 3.12. The first-order valence-electron chi connectivity index (χ1n) is 4.45. The summed E-state index contributed by atoms with van der Waals surface area (Å²) >= 11 is 0. The number of aromatic hydroxyl groups is 1. The second-order valence-electron chi connectivity index (χ2n) is 3.19. The number of amides is 1. The van der Waals surface area contributed by atoms with E-state index in [1.165, 1.54) is 12.1 Å². The van der Waals surface area contributed by atoms with Gasteiger partial charge in [-0.05, 0) is 19.1 Å². The molecular formula is C10H12FNO3. The molecule has 0 aliphatic heterocycles. The molecule has 0 bridgehead atoms. The minimum absolute atomic E-state index is 0.249. The van der Waals surface area contributed by atoms with Gasteiger partial charge in [-0.1, -0.05) is 6.07 Å². The number of nitrogens with one attached hydrogen (secondary N) is 1. The monoisotopic (exact) mass is 213 g/mol. The number of hydrogen-bond donors (Lipinski definition) is 3. The molecule has 0 aromatic heterocycles. The first kappa shape index (κ1) is 11.5. The van der Waals surface area contributed by atoms with Crippen LogP contribution in [0.15, 0.2) is 18.2 Å². The summed E-state index contributed by atoms with van der Waals surface area (Å²) in [5.74, 6) is -1.96. The molecule has 0 radical (unpaired) electrons. The molecule has 1 rings (SSSR count). The van der Waals surface area contributed by atoms with Crippen molar-refractivity contribution in [3.8, 4) is 5.75 Å². The van der Waals surface area contributed by atoms with Crippen LogP contribution in [0.5, 0.6) is 5.75 Å². The summed E-state index contributed by atoms with van der Waals surface area (Å²) in [4.78, 5) is 11.4. The molecule has 0 saturated heterocycles. The van der Waals surface area contributed by atoms with Gasteiger partial charge in [0, 0.05) is 6.04 Å². The number of hydrogen-bond acceptors (Lipinski definition) is 3. The van der Waals surface area contributed by atoms with Gasteiger partial charge in [0.1, 0.15) is 17.1 Å². The van der Waals surface area contributed by atoms with Crippen LogP contribution in [0.3, 0.4) is 0 Å². The number of carbonyl (C=O) groups is 1. The van der Waals surface area contributed by atoms with Crippen LogP contribution >= 0.6 is 0 Å². The summed E-state index contributed by atoms with van der Waals surface area (Å²) in [6.45, 7) is 1.32. The molecule has 0 fully saturated rings. The van der Waals surface area contributed by atoms with E-state index in [0.717, 1.165) is 6.07 Å². The lowest BCUT2D eigenvalue weighted by atomic mass is 10.1. The summed E-state index contributed by atoms with van der Waals surface area (Å²) in [5, 5.41) is 20.3. The maximum absolute atomic E-state index is 13.2. The average molecular weight is 213 g/mol.